The Morgan fingerprint density at radius 1 is 1.50 bits per heavy atom. The minimum atomic E-state index is -0.537. The third-order valence-corrected chi connectivity index (χ3v) is 2.38. The molecule has 5 nitrogen and oxygen atoms in total. The van der Waals surface area contributed by atoms with Gasteiger partial charge in [0.2, 0.25) is 11.8 Å². The molecule has 1 fully saturated rings. The van der Waals surface area contributed by atoms with Crippen LogP contribution in [-0.4, -0.2) is 36.3 Å². The molecule has 0 saturated carbocycles. The molecule has 1 saturated heterocycles. The number of hydrogen-bond acceptors (Lipinski definition) is 5. The zero-order chi connectivity index (χ0) is 11.4. The molecular formula is C10H14FN3O2. The van der Waals surface area contributed by atoms with Crippen LogP contribution in [0.1, 0.15) is 12.8 Å². The van der Waals surface area contributed by atoms with Crippen molar-refractivity contribution in [3.63, 3.8) is 0 Å². The van der Waals surface area contributed by atoms with Gasteiger partial charge in [-0.05, 0) is 0 Å². The normalized spacial score (nSPS) is 17.1. The number of ether oxygens (including phenoxy) is 2. The molecule has 16 heavy (non-hydrogen) atoms. The molecule has 1 N–H and O–H groups in total. The van der Waals surface area contributed by atoms with E-state index in [0.717, 1.165) is 19.0 Å². The molecule has 1 aromatic rings. The molecule has 2 heterocycles. The summed E-state index contributed by atoms with van der Waals surface area (Å²) in [6.07, 6.45) is 2.60. The number of anilines is 1. The molecule has 0 aromatic carbocycles. The van der Waals surface area contributed by atoms with Crippen molar-refractivity contribution >= 4 is 5.95 Å². The SMILES string of the molecule is CNc1ncc(F)c(OC2CCOCC2)n1. The van der Waals surface area contributed by atoms with E-state index in [9.17, 15) is 4.39 Å². The smallest absolute Gasteiger partial charge is 0.255 e. The van der Waals surface area contributed by atoms with Crippen LogP contribution in [-0.2, 0) is 4.74 Å². The summed E-state index contributed by atoms with van der Waals surface area (Å²) in [5.74, 6) is -0.180. The van der Waals surface area contributed by atoms with E-state index in [1.165, 1.54) is 0 Å². The van der Waals surface area contributed by atoms with Gasteiger partial charge in [0.25, 0.3) is 5.88 Å². The molecule has 0 atom stereocenters. The van der Waals surface area contributed by atoms with Crippen molar-refractivity contribution in [1.82, 2.24) is 9.97 Å². The summed E-state index contributed by atoms with van der Waals surface area (Å²) in [5.41, 5.74) is 0. The molecule has 0 unspecified atom stereocenters. The van der Waals surface area contributed by atoms with E-state index in [0.29, 0.717) is 19.2 Å². The maximum absolute atomic E-state index is 13.4. The minimum absolute atomic E-state index is 0.00579. The molecule has 0 spiro atoms. The van der Waals surface area contributed by atoms with Crippen LogP contribution in [0.5, 0.6) is 5.88 Å². The van der Waals surface area contributed by atoms with Gasteiger partial charge in [-0.3, -0.25) is 0 Å². The Morgan fingerprint density at radius 3 is 2.94 bits per heavy atom. The first-order chi connectivity index (χ1) is 7.79. The number of halogens is 1. The summed E-state index contributed by atoms with van der Waals surface area (Å²) >= 11 is 0. The highest BCUT2D eigenvalue weighted by atomic mass is 19.1. The van der Waals surface area contributed by atoms with Crippen LogP contribution >= 0.6 is 0 Å². The first-order valence-electron chi connectivity index (χ1n) is 5.24. The van der Waals surface area contributed by atoms with Crippen LogP contribution in [0, 0.1) is 5.82 Å². The molecular weight excluding hydrogens is 213 g/mol. The Bertz CT molecular complexity index is 356. The van der Waals surface area contributed by atoms with Crippen molar-refractivity contribution in [2.45, 2.75) is 18.9 Å². The van der Waals surface area contributed by atoms with Crippen molar-refractivity contribution in [3.8, 4) is 5.88 Å². The van der Waals surface area contributed by atoms with Gasteiger partial charge < -0.3 is 14.8 Å². The van der Waals surface area contributed by atoms with Crippen LogP contribution in [0.15, 0.2) is 6.20 Å². The number of aromatic nitrogens is 2. The van der Waals surface area contributed by atoms with Crippen molar-refractivity contribution in [2.24, 2.45) is 0 Å². The summed E-state index contributed by atoms with van der Waals surface area (Å²) in [6.45, 7) is 1.30. The number of nitrogens with zero attached hydrogens (tertiary/aromatic N) is 2. The molecule has 88 valence electrons. The Labute approximate surface area is 93.0 Å². The quantitative estimate of drug-likeness (QED) is 0.841. The highest BCUT2D eigenvalue weighted by molar-refractivity contribution is 5.27. The van der Waals surface area contributed by atoms with Crippen molar-refractivity contribution in [3.05, 3.63) is 12.0 Å². The fraction of sp³-hybridized carbons (Fsp3) is 0.600. The van der Waals surface area contributed by atoms with Gasteiger partial charge in [-0.15, -0.1) is 0 Å². The zero-order valence-corrected chi connectivity index (χ0v) is 9.07. The second-order valence-corrected chi connectivity index (χ2v) is 3.53. The number of nitrogens with one attached hydrogen (secondary N) is 1. The molecule has 0 aliphatic carbocycles. The van der Waals surface area contributed by atoms with Gasteiger partial charge in [-0.2, -0.15) is 9.37 Å². The summed E-state index contributed by atoms with van der Waals surface area (Å²) in [7, 11) is 1.67. The van der Waals surface area contributed by atoms with E-state index >= 15 is 0 Å². The van der Waals surface area contributed by atoms with E-state index in [1.54, 1.807) is 7.05 Å². The summed E-state index contributed by atoms with van der Waals surface area (Å²) in [5, 5.41) is 2.74. The fourth-order valence-corrected chi connectivity index (χ4v) is 1.51. The predicted molar refractivity (Wildman–Crippen MR) is 56.0 cm³/mol. The molecule has 0 radical (unpaired) electrons. The maximum Gasteiger partial charge on any atom is 0.255 e. The Morgan fingerprint density at radius 2 is 2.25 bits per heavy atom. The lowest BCUT2D eigenvalue weighted by Crippen LogP contribution is -2.26. The summed E-state index contributed by atoms with van der Waals surface area (Å²) < 4.78 is 24.0. The third kappa shape index (κ3) is 2.57. The van der Waals surface area contributed by atoms with Gasteiger partial charge in [0.15, 0.2) is 0 Å². The first-order valence-corrected chi connectivity index (χ1v) is 5.24. The molecule has 1 aromatic heterocycles. The van der Waals surface area contributed by atoms with Crippen LogP contribution < -0.4 is 10.1 Å². The fourth-order valence-electron chi connectivity index (χ4n) is 1.51. The van der Waals surface area contributed by atoms with E-state index in [1.807, 2.05) is 0 Å². The largest absolute Gasteiger partial charge is 0.472 e. The van der Waals surface area contributed by atoms with Crippen LogP contribution in [0.3, 0.4) is 0 Å². The lowest BCUT2D eigenvalue weighted by molar-refractivity contribution is 0.0220. The van der Waals surface area contributed by atoms with Crippen LogP contribution in [0.2, 0.25) is 0 Å². The van der Waals surface area contributed by atoms with Crippen molar-refractivity contribution in [2.75, 3.05) is 25.6 Å². The molecule has 1 aliphatic heterocycles. The second kappa shape index (κ2) is 5.07. The van der Waals surface area contributed by atoms with Gasteiger partial charge in [-0.25, -0.2) is 4.98 Å². The van der Waals surface area contributed by atoms with E-state index in [-0.39, 0.29) is 12.0 Å². The second-order valence-electron chi connectivity index (χ2n) is 3.53. The Kier molecular flexibility index (Phi) is 3.51. The van der Waals surface area contributed by atoms with E-state index in [2.05, 4.69) is 15.3 Å². The van der Waals surface area contributed by atoms with Crippen molar-refractivity contribution in [1.29, 1.82) is 0 Å². The highest BCUT2D eigenvalue weighted by Crippen LogP contribution is 2.19. The Balaban J connectivity index is 2.06. The average molecular weight is 227 g/mol. The molecule has 0 amide bonds. The van der Waals surface area contributed by atoms with Gasteiger partial charge in [0.05, 0.1) is 19.4 Å². The van der Waals surface area contributed by atoms with Gasteiger partial charge >= 0.3 is 0 Å². The lowest BCUT2D eigenvalue weighted by Gasteiger charge is -2.22. The number of rotatable bonds is 3. The molecule has 2 rings (SSSR count). The third-order valence-electron chi connectivity index (χ3n) is 2.38. The zero-order valence-electron chi connectivity index (χ0n) is 9.07. The maximum atomic E-state index is 13.4. The minimum Gasteiger partial charge on any atom is -0.472 e. The van der Waals surface area contributed by atoms with Gasteiger partial charge in [0, 0.05) is 19.9 Å². The topological polar surface area (TPSA) is 56.3 Å². The van der Waals surface area contributed by atoms with Crippen molar-refractivity contribution < 1.29 is 13.9 Å². The molecule has 1 aliphatic rings. The lowest BCUT2D eigenvalue weighted by atomic mass is 10.2. The standard InChI is InChI=1S/C10H14FN3O2/c1-12-10-13-6-8(11)9(14-10)16-7-2-4-15-5-3-7/h6-7H,2-5H2,1H3,(H,12,13,14). The summed E-state index contributed by atoms with van der Waals surface area (Å²) in [6, 6.07) is 0. The Hall–Kier alpha value is -1.43. The molecule has 0 bridgehead atoms. The van der Waals surface area contributed by atoms with E-state index < -0.39 is 5.82 Å². The average Bonchev–Trinajstić information content (AvgIpc) is 2.33. The van der Waals surface area contributed by atoms with E-state index in [4.69, 9.17) is 9.47 Å². The van der Waals surface area contributed by atoms with Gasteiger partial charge in [-0.1, -0.05) is 0 Å². The highest BCUT2D eigenvalue weighted by Gasteiger charge is 2.18. The predicted octanol–water partition coefficient (Wildman–Crippen LogP) is 1.22. The van der Waals surface area contributed by atoms with Crippen LogP contribution in [0.4, 0.5) is 10.3 Å². The van der Waals surface area contributed by atoms with Crippen LogP contribution in [0.25, 0.3) is 0 Å². The number of hydrogen-bond donors (Lipinski definition) is 1. The van der Waals surface area contributed by atoms with Gasteiger partial charge in [0.1, 0.15) is 6.10 Å². The molecule has 6 heteroatoms. The summed E-state index contributed by atoms with van der Waals surface area (Å²) in [4.78, 5) is 7.67. The first kappa shape index (κ1) is 11.1. The monoisotopic (exact) mass is 227 g/mol.